The molecule has 13 atom stereocenters. The van der Waals surface area contributed by atoms with Gasteiger partial charge in [-0.05, 0) is 194 Å². The van der Waals surface area contributed by atoms with Crippen molar-refractivity contribution in [3.05, 3.63) is 62.1 Å². The summed E-state index contributed by atoms with van der Waals surface area (Å²) in [5.74, 6) is 0.333. The molecule has 0 radical (unpaired) electrons. The summed E-state index contributed by atoms with van der Waals surface area (Å²) in [6, 6.07) is 0. The van der Waals surface area contributed by atoms with Crippen molar-refractivity contribution in [1.29, 1.82) is 0 Å². The molecule has 83 heavy (non-hydrogen) atoms. The van der Waals surface area contributed by atoms with E-state index in [0.29, 0.717) is 32.5 Å². The predicted molar refractivity (Wildman–Crippen MR) is 316 cm³/mol. The highest BCUT2D eigenvalue weighted by molar-refractivity contribution is 5.74. The zero-order valence-electron chi connectivity index (χ0n) is 51.1. The van der Waals surface area contributed by atoms with Gasteiger partial charge in [0.2, 0.25) is 0 Å². The van der Waals surface area contributed by atoms with Gasteiger partial charge in [-0.25, -0.2) is 0 Å². The van der Waals surface area contributed by atoms with Gasteiger partial charge in [-0.1, -0.05) is 75.3 Å². The number of hydrogen-bond acceptors (Lipinski definition) is 16. The van der Waals surface area contributed by atoms with Crippen LogP contribution in [0.25, 0.3) is 0 Å². The van der Waals surface area contributed by atoms with E-state index in [9.17, 15) is 24.0 Å². The normalized spacial score (nSPS) is 25.8. The molecule has 7 rings (SSSR count). The Morgan fingerprint density at radius 2 is 0.783 bits per heavy atom. The Morgan fingerprint density at radius 1 is 0.422 bits per heavy atom. The molecule has 0 aromatic carbocycles. The van der Waals surface area contributed by atoms with Gasteiger partial charge in [0.15, 0.2) is 25.2 Å². The number of carbonyl (C=O) groups is 5. The summed E-state index contributed by atoms with van der Waals surface area (Å²) in [4.78, 5) is 58.9. The van der Waals surface area contributed by atoms with Crippen LogP contribution in [-0.4, -0.2) is 112 Å². The fraction of sp³-hybridized carbons (Fsp3) is 0.773. The molecule has 17 heteroatoms. The van der Waals surface area contributed by atoms with Gasteiger partial charge in [0.05, 0.1) is 94.0 Å². The lowest BCUT2D eigenvalue weighted by Crippen LogP contribution is -2.28. The number of unbranched alkanes of at least 4 members (excludes halogenated alkanes) is 9. The van der Waals surface area contributed by atoms with Gasteiger partial charge >= 0.3 is 29.8 Å². The lowest BCUT2D eigenvalue weighted by atomic mass is 9.89. The fourth-order valence-corrected chi connectivity index (χ4v) is 10.9. The first-order valence-corrected chi connectivity index (χ1v) is 31.8. The topological polar surface area (TPSA) is 210 Å². The maximum absolute atomic E-state index is 12.3. The zero-order valence-corrected chi connectivity index (χ0v) is 51.1. The molecule has 1 aliphatic heterocycles. The van der Waals surface area contributed by atoms with Gasteiger partial charge in [-0.3, -0.25) is 24.0 Å². The van der Waals surface area contributed by atoms with Gasteiger partial charge in [0.25, 0.3) is 0 Å². The van der Waals surface area contributed by atoms with Gasteiger partial charge in [0.1, 0.15) is 0 Å². The molecule has 0 spiro atoms. The quantitative estimate of drug-likeness (QED) is 0.0118. The lowest BCUT2D eigenvalue weighted by Gasteiger charge is -2.22. The van der Waals surface area contributed by atoms with Crippen molar-refractivity contribution in [1.82, 2.24) is 0 Å². The van der Waals surface area contributed by atoms with Crippen molar-refractivity contribution in [3.63, 3.8) is 0 Å². The first-order chi connectivity index (χ1) is 40.3. The van der Waals surface area contributed by atoms with E-state index in [2.05, 4.69) is 25.3 Å². The number of fused-ring (bicyclic) bond motifs is 2. The Kier molecular flexibility index (Phi) is 36.9. The number of carbonyl (C=O) groups excluding carboxylic acids is 4. The first kappa shape index (κ1) is 70.9. The van der Waals surface area contributed by atoms with Crippen molar-refractivity contribution >= 4 is 29.8 Å². The van der Waals surface area contributed by atoms with Crippen LogP contribution >= 0.6 is 0 Å². The maximum atomic E-state index is 12.3. The summed E-state index contributed by atoms with van der Waals surface area (Å²) >= 11 is 0. The summed E-state index contributed by atoms with van der Waals surface area (Å²) in [5, 5.41) is 8.50. The molecule has 1 saturated heterocycles. The maximum Gasteiger partial charge on any atom is 0.311 e. The Labute approximate surface area is 497 Å². The molecule has 472 valence electrons. The molecule has 0 bridgehead atoms. The summed E-state index contributed by atoms with van der Waals surface area (Å²) < 4.78 is 59.6. The Morgan fingerprint density at radius 3 is 1.12 bits per heavy atom. The standard InChI is InChI=1S/C25H40O7.C24H38O6.C10H18O2.C7H10O2/c1-16(30-24(26)19-8-7-18-13-21(18)14-19)28-11-5-3-4-6-12-29-17(2)31-25(27)20-9-10-22-23(15-20)32-22;1-19(29-23(25)21-13-7-5-8-14-21)27-17-11-3-4-12-18-28-20(2)30-24(26)22-15-9-6-10-16-22;1-3-11-9-7-5-6-8-10-12-4-2;8-7(9)6-4-2-1-3-5-6/h16-23H,3-15H2,1-2H3;5-7,9,19-22H,3-4,8,10-18H2,1-2H3;3-4H,1-2,5-10H2;1-2,6H,3-5H2,(H,8,9). The summed E-state index contributed by atoms with van der Waals surface area (Å²) in [5.41, 5.74) is 0. The number of carboxylic acid groups (broad SMARTS) is 1. The largest absolute Gasteiger partial charge is 0.502 e. The van der Waals surface area contributed by atoms with Gasteiger partial charge in [-0.15, -0.1) is 0 Å². The summed E-state index contributed by atoms with van der Waals surface area (Å²) in [6.45, 7) is 17.9. The molecule has 0 aromatic rings. The van der Waals surface area contributed by atoms with Crippen molar-refractivity contribution < 1.29 is 81.2 Å². The van der Waals surface area contributed by atoms with E-state index in [1.165, 1.54) is 38.2 Å². The SMILES string of the molecule is C=COCCCCCCOC=C.CC(OCCCCCCOC(C)OC(=O)C1CC=CCC1)OC(=O)C1CC=CCC1.CC(OCCCCCCOC(C)OC(=O)C1CCC2OC2C1)OC(=O)C1CCC2CC2C1.O=C(O)C1CC=CCC1. The van der Waals surface area contributed by atoms with Crippen LogP contribution in [0.15, 0.2) is 62.1 Å². The number of esters is 4. The molecule has 7 aliphatic rings. The third kappa shape index (κ3) is 32.5. The fourth-order valence-electron chi connectivity index (χ4n) is 10.9. The number of aliphatic carboxylic acids is 1. The molecule has 17 nitrogen and oxygen atoms in total. The second kappa shape index (κ2) is 43.1. The molecule has 4 fully saturated rings. The van der Waals surface area contributed by atoms with E-state index >= 15 is 0 Å². The summed E-state index contributed by atoms with van der Waals surface area (Å²) in [6.07, 6.45) is 40.9. The van der Waals surface area contributed by atoms with Crippen LogP contribution in [0.5, 0.6) is 0 Å². The number of hydrogen-bond donors (Lipinski definition) is 1. The number of ether oxygens (including phenoxy) is 11. The van der Waals surface area contributed by atoms with E-state index in [4.69, 9.17) is 57.2 Å². The average Bonchev–Trinajstić information content (AvgIpc) is 4.48. The van der Waals surface area contributed by atoms with Crippen LogP contribution in [0.3, 0.4) is 0 Å². The Balaban J connectivity index is 0.000000266. The van der Waals surface area contributed by atoms with E-state index < -0.39 is 31.1 Å². The van der Waals surface area contributed by atoms with Crippen LogP contribution in [0.1, 0.15) is 207 Å². The van der Waals surface area contributed by atoms with Crippen LogP contribution in [0, 0.1) is 41.4 Å². The number of carboxylic acids is 1. The van der Waals surface area contributed by atoms with Crippen molar-refractivity contribution in [3.8, 4) is 0 Å². The number of allylic oxidation sites excluding steroid dienone is 6. The highest BCUT2D eigenvalue weighted by Crippen LogP contribution is 2.51. The first-order valence-electron chi connectivity index (χ1n) is 31.8. The molecular formula is C66H106O17. The minimum Gasteiger partial charge on any atom is -0.502 e. The molecule has 13 unspecified atom stereocenters. The molecule has 1 N–H and O–H groups in total. The second-order valence-corrected chi connectivity index (χ2v) is 23.1. The van der Waals surface area contributed by atoms with E-state index in [0.717, 1.165) is 179 Å². The zero-order chi connectivity index (χ0) is 59.9. The van der Waals surface area contributed by atoms with Gasteiger partial charge in [0, 0.05) is 0 Å². The number of epoxide rings is 1. The van der Waals surface area contributed by atoms with Crippen molar-refractivity contribution in [2.75, 3.05) is 39.6 Å². The predicted octanol–water partition coefficient (Wildman–Crippen LogP) is 13.7. The smallest absolute Gasteiger partial charge is 0.311 e. The minimum atomic E-state index is -0.653. The molecule has 0 aromatic heterocycles. The van der Waals surface area contributed by atoms with E-state index in [1.807, 2.05) is 24.3 Å². The highest BCUT2D eigenvalue weighted by Gasteiger charge is 2.47. The highest BCUT2D eigenvalue weighted by atomic mass is 16.7. The van der Waals surface area contributed by atoms with Crippen molar-refractivity contribution in [2.45, 2.75) is 245 Å². The molecule has 1 heterocycles. The van der Waals surface area contributed by atoms with E-state index in [1.54, 1.807) is 27.7 Å². The van der Waals surface area contributed by atoms with Crippen LogP contribution < -0.4 is 0 Å². The Hall–Kier alpha value is -4.55. The third-order valence-corrected chi connectivity index (χ3v) is 16.2. The molecule has 6 aliphatic carbocycles. The monoisotopic (exact) mass is 1170 g/mol. The van der Waals surface area contributed by atoms with Gasteiger partial charge < -0.3 is 57.2 Å². The Bertz CT molecular complexity index is 1820. The van der Waals surface area contributed by atoms with Gasteiger partial charge in [-0.2, -0.15) is 0 Å². The van der Waals surface area contributed by atoms with Crippen LogP contribution in [0.4, 0.5) is 0 Å². The lowest BCUT2D eigenvalue weighted by molar-refractivity contribution is -0.182. The van der Waals surface area contributed by atoms with E-state index in [-0.39, 0.29) is 59.6 Å². The van der Waals surface area contributed by atoms with Crippen LogP contribution in [0.2, 0.25) is 0 Å². The average molecular weight is 1170 g/mol. The molecule has 0 amide bonds. The van der Waals surface area contributed by atoms with Crippen molar-refractivity contribution in [2.24, 2.45) is 41.4 Å². The van der Waals surface area contributed by atoms with Crippen LogP contribution in [-0.2, 0) is 76.1 Å². The molecule has 3 saturated carbocycles. The minimum absolute atomic E-state index is 0.0257. The number of rotatable bonds is 36. The third-order valence-electron chi connectivity index (χ3n) is 16.2. The second-order valence-electron chi connectivity index (χ2n) is 23.1. The molecular weight excluding hydrogens is 1060 g/mol. The summed E-state index contributed by atoms with van der Waals surface area (Å²) in [7, 11) is 0.